The molecule has 0 saturated carbocycles. The van der Waals surface area contributed by atoms with E-state index in [4.69, 9.17) is 0 Å². The molecule has 1 N–H and O–H groups in total. The molecule has 1 aliphatic heterocycles. The summed E-state index contributed by atoms with van der Waals surface area (Å²) in [5.41, 5.74) is 0.825. The Bertz CT molecular complexity index is 841. The Morgan fingerprint density at radius 2 is 1.96 bits per heavy atom. The van der Waals surface area contributed by atoms with E-state index < -0.39 is 0 Å². The Morgan fingerprint density at radius 3 is 2.74 bits per heavy atom. The zero-order valence-electron chi connectivity index (χ0n) is 12.8. The van der Waals surface area contributed by atoms with Gasteiger partial charge in [-0.2, -0.15) is 0 Å². The summed E-state index contributed by atoms with van der Waals surface area (Å²) in [5, 5.41) is 4.59. The molecule has 3 aromatic rings. The fourth-order valence-electron chi connectivity index (χ4n) is 2.95. The summed E-state index contributed by atoms with van der Waals surface area (Å²) >= 11 is 0. The van der Waals surface area contributed by atoms with Gasteiger partial charge in [-0.05, 0) is 12.1 Å². The van der Waals surface area contributed by atoms with Gasteiger partial charge in [0.05, 0.1) is 0 Å². The first kappa shape index (κ1) is 14.0. The predicted molar refractivity (Wildman–Crippen MR) is 86.7 cm³/mol. The quantitative estimate of drug-likeness (QED) is 0.736. The average Bonchev–Trinajstić information content (AvgIpc) is 3.21. The zero-order valence-corrected chi connectivity index (χ0v) is 12.8. The maximum absolute atomic E-state index is 11.5. The van der Waals surface area contributed by atoms with E-state index in [1.165, 1.54) is 0 Å². The van der Waals surface area contributed by atoms with E-state index in [0.717, 1.165) is 50.7 Å². The van der Waals surface area contributed by atoms with Crippen LogP contribution in [0.1, 0.15) is 0 Å². The largest absolute Gasteiger partial charge is 0.353 e. The van der Waals surface area contributed by atoms with Gasteiger partial charge in [0.25, 0.3) is 0 Å². The zero-order chi connectivity index (χ0) is 15.6. The number of hydrogen-bond acceptors (Lipinski definition) is 5. The van der Waals surface area contributed by atoms with E-state index >= 15 is 0 Å². The number of nitrogens with zero attached hydrogens (tertiary/aromatic N) is 6. The van der Waals surface area contributed by atoms with Crippen molar-refractivity contribution < 1.29 is 0 Å². The van der Waals surface area contributed by atoms with E-state index in [9.17, 15) is 4.79 Å². The molecule has 120 valence electrons. The first-order chi connectivity index (χ1) is 11.3. The Balaban J connectivity index is 1.35. The van der Waals surface area contributed by atoms with Gasteiger partial charge in [0, 0.05) is 64.1 Å². The number of aromatic nitrogens is 5. The van der Waals surface area contributed by atoms with Crippen LogP contribution in [0.4, 0.5) is 5.82 Å². The second kappa shape index (κ2) is 5.88. The lowest BCUT2D eigenvalue weighted by Crippen LogP contribution is -2.47. The summed E-state index contributed by atoms with van der Waals surface area (Å²) in [6, 6.07) is 4.02. The Morgan fingerprint density at radius 1 is 1.09 bits per heavy atom. The number of H-pyrrole nitrogens is 1. The summed E-state index contributed by atoms with van der Waals surface area (Å²) < 4.78 is 3.51. The van der Waals surface area contributed by atoms with E-state index in [1.807, 2.05) is 18.3 Å². The summed E-state index contributed by atoms with van der Waals surface area (Å²) in [5.74, 6) is 0.983. The van der Waals surface area contributed by atoms with Crippen molar-refractivity contribution in [2.75, 3.05) is 37.6 Å². The normalized spacial score (nSPS) is 16.3. The van der Waals surface area contributed by atoms with Gasteiger partial charge in [0.2, 0.25) is 0 Å². The monoisotopic (exact) mass is 313 g/mol. The minimum Gasteiger partial charge on any atom is -0.353 e. The van der Waals surface area contributed by atoms with Gasteiger partial charge in [-0.15, -0.1) is 5.10 Å². The molecule has 0 amide bonds. The molecule has 3 aromatic heterocycles. The molecule has 0 spiro atoms. The van der Waals surface area contributed by atoms with E-state index in [0.29, 0.717) is 0 Å². The molecule has 0 aromatic carbocycles. The molecule has 8 nitrogen and oxygen atoms in total. The number of fused-ring (bicyclic) bond motifs is 1. The van der Waals surface area contributed by atoms with Crippen molar-refractivity contribution in [2.45, 2.75) is 6.54 Å². The molecule has 0 atom stereocenters. The third-order valence-corrected chi connectivity index (χ3v) is 4.32. The van der Waals surface area contributed by atoms with Crippen molar-refractivity contribution in [1.29, 1.82) is 0 Å². The number of piperazine rings is 1. The molecule has 1 fully saturated rings. The van der Waals surface area contributed by atoms with Crippen LogP contribution in [0.25, 0.3) is 5.65 Å². The highest BCUT2D eigenvalue weighted by Crippen LogP contribution is 2.14. The van der Waals surface area contributed by atoms with Crippen LogP contribution in [0.15, 0.2) is 41.7 Å². The van der Waals surface area contributed by atoms with Crippen molar-refractivity contribution in [3.63, 3.8) is 0 Å². The highest BCUT2D eigenvalue weighted by molar-refractivity contribution is 5.46. The van der Waals surface area contributed by atoms with Gasteiger partial charge in [-0.1, -0.05) is 0 Å². The third kappa shape index (κ3) is 2.85. The third-order valence-electron chi connectivity index (χ3n) is 4.32. The molecule has 8 heteroatoms. The first-order valence-electron chi connectivity index (χ1n) is 7.81. The molecular weight excluding hydrogens is 294 g/mol. The number of anilines is 1. The molecule has 1 saturated heterocycles. The number of rotatable bonds is 4. The Labute approximate surface area is 133 Å². The van der Waals surface area contributed by atoms with Crippen LogP contribution in [0.5, 0.6) is 0 Å². The summed E-state index contributed by atoms with van der Waals surface area (Å²) in [6.45, 7) is 5.44. The highest BCUT2D eigenvalue weighted by Gasteiger charge is 2.18. The van der Waals surface area contributed by atoms with Crippen LogP contribution in [-0.4, -0.2) is 61.8 Å². The van der Waals surface area contributed by atoms with Crippen molar-refractivity contribution in [1.82, 2.24) is 29.0 Å². The average molecular weight is 313 g/mol. The lowest BCUT2D eigenvalue weighted by molar-refractivity contribution is 0.246. The van der Waals surface area contributed by atoms with E-state index in [2.05, 4.69) is 24.9 Å². The molecule has 0 unspecified atom stereocenters. The second-order valence-electron chi connectivity index (χ2n) is 5.71. The summed E-state index contributed by atoms with van der Waals surface area (Å²) in [4.78, 5) is 23.0. The maximum atomic E-state index is 11.5. The van der Waals surface area contributed by atoms with Gasteiger partial charge in [-0.25, -0.2) is 14.3 Å². The van der Waals surface area contributed by atoms with Crippen LogP contribution < -0.4 is 10.6 Å². The predicted octanol–water partition coefficient (Wildman–Crippen LogP) is 0.0413. The van der Waals surface area contributed by atoms with Crippen LogP contribution in [0.2, 0.25) is 0 Å². The van der Waals surface area contributed by atoms with Crippen molar-refractivity contribution in [3.05, 3.63) is 47.4 Å². The minimum absolute atomic E-state index is 0.0403. The number of nitrogens with one attached hydrogen (secondary N) is 1. The molecule has 0 bridgehead atoms. The van der Waals surface area contributed by atoms with Crippen LogP contribution in [0, 0.1) is 0 Å². The highest BCUT2D eigenvalue weighted by atomic mass is 16.1. The molecule has 0 aliphatic carbocycles. The second-order valence-corrected chi connectivity index (χ2v) is 5.71. The van der Waals surface area contributed by atoms with Crippen LogP contribution >= 0.6 is 0 Å². The van der Waals surface area contributed by atoms with E-state index in [-0.39, 0.29) is 5.69 Å². The minimum atomic E-state index is -0.0403. The standard InChI is InChI=1S/C15H19N7O/c23-15-17-3-5-21(15)12-9-19-7-10-20(11-8-19)14-2-1-13-16-4-6-22(13)18-14/h1-6H,7-12H2,(H,17,23). The van der Waals surface area contributed by atoms with Gasteiger partial charge in [-0.3, -0.25) is 9.47 Å². The topological polar surface area (TPSA) is 74.5 Å². The van der Waals surface area contributed by atoms with Gasteiger partial charge in [0.1, 0.15) is 5.82 Å². The van der Waals surface area contributed by atoms with Gasteiger partial charge >= 0.3 is 5.69 Å². The van der Waals surface area contributed by atoms with Crippen molar-refractivity contribution >= 4 is 11.5 Å². The van der Waals surface area contributed by atoms with Crippen molar-refractivity contribution in [2.24, 2.45) is 0 Å². The van der Waals surface area contributed by atoms with E-state index in [1.54, 1.807) is 27.7 Å². The molecular formula is C15H19N7O. The maximum Gasteiger partial charge on any atom is 0.325 e. The number of aromatic amines is 1. The first-order valence-corrected chi connectivity index (χ1v) is 7.81. The summed E-state index contributed by atoms with van der Waals surface area (Å²) in [6.07, 6.45) is 7.09. The number of imidazole rings is 2. The smallest absolute Gasteiger partial charge is 0.325 e. The summed E-state index contributed by atoms with van der Waals surface area (Å²) in [7, 11) is 0. The van der Waals surface area contributed by atoms with Crippen LogP contribution in [-0.2, 0) is 6.54 Å². The Kier molecular flexibility index (Phi) is 3.58. The SMILES string of the molecule is O=c1[nH]ccn1CCN1CCN(c2ccc3nccn3n2)CC1. The molecule has 23 heavy (non-hydrogen) atoms. The fourth-order valence-corrected chi connectivity index (χ4v) is 2.95. The molecule has 0 radical (unpaired) electrons. The van der Waals surface area contributed by atoms with Crippen molar-refractivity contribution in [3.8, 4) is 0 Å². The lowest BCUT2D eigenvalue weighted by atomic mass is 10.3. The van der Waals surface area contributed by atoms with Crippen LogP contribution in [0.3, 0.4) is 0 Å². The lowest BCUT2D eigenvalue weighted by Gasteiger charge is -2.35. The Hall–Kier alpha value is -2.61. The van der Waals surface area contributed by atoms with Gasteiger partial charge < -0.3 is 9.88 Å². The molecule has 4 rings (SSSR count). The fraction of sp³-hybridized carbons (Fsp3) is 0.400. The molecule has 1 aliphatic rings. The number of hydrogen-bond donors (Lipinski definition) is 1. The van der Waals surface area contributed by atoms with Gasteiger partial charge in [0.15, 0.2) is 5.65 Å². The molecule has 4 heterocycles.